The summed E-state index contributed by atoms with van der Waals surface area (Å²) in [5.41, 5.74) is 2.11. The number of carbonyl (C=O) groups excluding carboxylic acids is 1. The Morgan fingerprint density at radius 2 is 1.86 bits per heavy atom. The number of hydrogen-bond acceptors (Lipinski definition) is 3. The maximum absolute atomic E-state index is 12.4. The van der Waals surface area contributed by atoms with Gasteiger partial charge in [-0.25, -0.2) is 9.67 Å². The lowest BCUT2D eigenvalue weighted by atomic mass is 9.99. The molecule has 0 bridgehead atoms. The summed E-state index contributed by atoms with van der Waals surface area (Å²) in [5, 5.41) is 4.32. The van der Waals surface area contributed by atoms with Crippen LogP contribution in [0.15, 0.2) is 30.6 Å². The van der Waals surface area contributed by atoms with Crippen LogP contribution in [0, 0.1) is 12.8 Å². The lowest BCUT2D eigenvalue weighted by molar-refractivity contribution is 0.0685. The van der Waals surface area contributed by atoms with Crippen LogP contribution < -0.4 is 0 Å². The summed E-state index contributed by atoms with van der Waals surface area (Å²) in [4.78, 5) is 18.4. The number of aromatic nitrogens is 3. The van der Waals surface area contributed by atoms with E-state index in [-0.39, 0.29) is 11.7 Å². The number of carbonyl (C=O) groups is 1. The summed E-state index contributed by atoms with van der Waals surface area (Å²) in [6.45, 7) is 5.88. The van der Waals surface area contributed by atoms with Gasteiger partial charge in [0.05, 0.1) is 5.69 Å². The zero-order valence-electron chi connectivity index (χ0n) is 12.5. The summed E-state index contributed by atoms with van der Waals surface area (Å²) in [6.07, 6.45) is 3.72. The van der Waals surface area contributed by atoms with Gasteiger partial charge in [-0.2, -0.15) is 0 Å². The predicted octanol–water partition coefficient (Wildman–Crippen LogP) is 2.45. The predicted molar refractivity (Wildman–Crippen MR) is 80.4 cm³/mol. The fourth-order valence-electron chi connectivity index (χ4n) is 2.54. The van der Waals surface area contributed by atoms with Crippen molar-refractivity contribution in [3.05, 3.63) is 42.0 Å². The highest BCUT2D eigenvalue weighted by atomic mass is 16.2. The molecule has 2 aromatic rings. The molecule has 1 amide bonds. The van der Waals surface area contributed by atoms with Crippen LogP contribution in [0.5, 0.6) is 0 Å². The van der Waals surface area contributed by atoms with Crippen molar-refractivity contribution in [3.8, 4) is 5.69 Å². The topological polar surface area (TPSA) is 51.0 Å². The first-order valence-electron chi connectivity index (χ1n) is 7.41. The van der Waals surface area contributed by atoms with Crippen LogP contribution in [0.2, 0.25) is 0 Å². The molecule has 0 radical (unpaired) electrons. The molecule has 0 unspecified atom stereocenters. The molecule has 1 aliphatic heterocycles. The largest absolute Gasteiger partial charge is 0.336 e. The molecule has 1 saturated heterocycles. The molecule has 3 rings (SSSR count). The molecule has 5 nitrogen and oxygen atoms in total. The van der Waals surface area contributed by atoms with E-state index in [9.17, 15) is 4.79 Å². The van der Waals surface area contributed by atoms with Crippen LogP contribution in [-0.4, -0.2) is 38.7 Å². The van der Waals surface area contributed by atoms with Crippen molar-refractivity contribution < 1.29 is 4.79 Å². The van der Waals surface area contributed by atoms with Gasteiger partial charge < -0.3 is 4.90 Å². The first-order chi connectivity index (χ1) is 10.1. The highest BCUT2D eigenvalue weighted by Gasteiger charge is 2.24. The van der Waals surface area contributed by atoms with E-state index in [1.165, 1.54) is 5.56 Å². The molecular weight excluding hydrogens is 264 g/mol. The number of rotatable bonds is 2. The van der Waals surface area contributed by atoms with Crippen LogP contribution in [0.3, 0.4) is 0 Å². The van der Waals surface area contributed by atoms with Crippen molar-refractivity contribution in [2.75, 3.05) is 13.1 Å². The van der Waals surface area contributed by atoms with Crippen molar-refractivity contribution in [2.45, 2.75) is 26.7 Å². The van der Waals surface area contributed by atoms with E-state index >= 15 is 0 Å². The molecular formula is C16H20N4O. The highest BCUT2D eigenvalue weighted by molar-refractivity contribution is 5.90. The molecule has 0 saturated carbocycles. The Morgan fingerprint density at radius 1 is 1.19 bits per heavy atom. The lowest BCUT2D eigenvalue weighted by Gasteiger charge is -2.29. The van der Waals surface area contributed by atoms with Crippen LogP contribution in [0.1, 0.15) is 35.9 Å². The zero-order chi connectivity index (χ0) is 14.8. The third kappa shape index (κ3) is 2.96. The minimum absolute atomic E-state index is 0.0623. The Morgan fingerprint density at radius 3 is 2.52 bits per heavy atom. The Bertz CT molecular complexity index is 624. The molecule has 2 heterocycles. The second-order valence-electron chi connectivity index (χ2n) is 5.82. The van der Waals surface area contributed by atoms with Crippen LogP contribution in [0.25, 0.3) is 5.69 Å². The Hall–Kier alpha value is -2.17. The monoisotopic (exact) mass is 284 g/mol. The van der Waals surface area contributed by atoms with Gasteiger partial charge in [-0.1, -0.05) is 24.6 Å². The quantitative estimate of drug-likeness (QED) is 0.851. The maximum Gasteiger partial charge on any atom is 0.293 e. The number of hydrogen-bond donors (Lipinski definition) is 0. The number of piperidine rings is 1. The van der Waals surface area contributed by atoms with Crippen molar-refractivity contribution in [2.24, 2.45) is 5.92 Å². The standard InChI is InChI=1S/C16H20N4O/c1-12-3-5-14(6-4-12)20-11-17-15(18-20)16(21)19-9-7-13(2)8-10-19/h3-6,11,13H,7-10H2,1-2H3. The number of aryl methyl sites for hydroxylation is 1. The second kappa shape index (κ2) is 5.68. The SMILES string of the molecule is Cc1ccc(-n2cnc(C(=O)N3CCC(C)CC3)n2)cc1. The fourth-order valence-corrected chi connectivity index (χ4v) is 2.54. The van der Waals surface area contributed by atoms with Gasteiger partial charge in [0, 0.05) is 13.1 Å². The second-order valence-corrected chi connectivity index (χ2v) is 5.82. The first-order valence-corrected chi connectivity index (χ1v) is 7.41. The maximum atomic E-state index is 12.4. The summed E-state index contributed by atoms with van der Waals surface area (Å²) in [5.74, 6) is 0.921. The number of benzene rings is 1. The van der Waals surface area contributed by atoms with Crippen LogP contribution in [0.4, 0.5) is 0 Å². The minimum atomic E-state index is -0.0623. The average molecular weight is 284 g/mol. The molecule has 1 aromatic carbocycles. The normalized spacial score (nSPS) is 16.2. The molecule has 110 valence electrons. The average Bonchev–Trinajstić information content (AvgIpc) is 2.98. The van der Waals surface area contributed by atoms with E-state index in [4.69, 9.17) is 0 Å². The number of nitrogens with zero attached hydrogens (tertiary/aromatic N) is 4. The smallest absolute Gasteiger partial charge is 0.293 e. The summed E-state index contributed by atoms with van der Waals surface area (Å²) >= 11 is 0. The molecule has 0 spiro atoms. The van der Waals surface area contributed by atoms with Gasteiger partial charge in [-0.15, -0.1) is 5.10 Å². The van der Waals surface area contributed by atoms with Crippen LogP contribution in [-0.2, 0) is 0 Å². The molecule has 0 atom stereocenters. The molecule has 5 heteroatoms. The number of amides is 1. The van der Waals surface area contributed by atoms with Crippen molar-refractivity contribution in [3.63, 3.8) is 0 Å². The van der Waals surface area contributed by atoms with Gasteiger partial charge in [0.15, 0.2) is 0 Å². The lowest BCUT2D eigenvalue weighted by Crippen LogP contribution is -2.38. The molecule has 0 aliphatic carbocycles. The van der Waals surface area contributed by atoms with E-state index in [1.54, 1.807) is 11.0 Å². The number of likely N-dealkylation sites (tertiary alicyclic amines) is 1. The van der Waals surface area contributed by atoms with Gasteiger partial charge in [0.2, 0.25) is 5.82 Å². The summed E-state index contributed by atoms with van der Waals surface area (Å²) < 4.78 is 1.65. The summed E-state index contributed by atoms with van der Waals surface area (Å²) in [7, 11) is 0. The zero-order valence-corrected chi connectivity index (χ0v) is 12.5. The van der Waals surface area contributed by atoms with Gasteiger partial charge in [-0.3, -0.25) is 4.79 Å². The fraction of sp³-hybridized carbons (Fsp3) is 0.438. The first kappa shape index (κ1) is 13.8. The molecule has 1 aliphatic rings. The third-order valence-electron chi connectivity index (χ3n) is 4.05. The van der Waals surface area contributed by atoms with Crippen LogP contribution >= 0.6 is 0 Å². The van der Waals surface area contributed by atoms with Crippen molar-refractivity contribution >= 4 is 5.91 Å². The highest BCUT2D eigenvalue weighted by Crippen LogP contribution is 2.17. The van der Waals surface area contributed by atoms with E-state index in [1.807, 2.05) is 36.1 Å². The Kier molecular flexibility index (Phi) is 3.73. The van der Waals surface area contributed by atoms with E-state index in [0.29, 0.717) is 5.92 Å². The Labute approximate surface area is 124 Å². The van der Waals surface area contributed by atoms with Gasteiger partial charge in [0.1, 0.15) is 6.33 Å². The molecule has 1 fully saturated rings. The molecule has 0 N–H and O–H groups in total. The summed E-state index contributed by atoms with van der Waals surface area (Å²) in [6, 6.07) is 7.98. The van der Waals surface area contributed by atoms with E-state index < -0.39 is 0 Å². The van der Waals surface area contributed by atoms with Gasteiger partial charge in [0.25, 0.3) is 5.91 Å². The third-order valence-corrected chi connectivity index (χ3v) is 4.05. The van der Waals surface area contributed by atoms with E-state index in [2.05, 4.69) is 17.0 Å². The van der Waals surface area contributed by atoms with E-state index in [0.717, 1.165) is 31.6 Å². The van der Waals surface area contributed by atoms with Gasteiger partial charge in [-0.05, 0) is 37.8 Å². The Balaban J connectivity index is 1.75. The molecule has 1 aromatic heterocycles. The minimum Gasteiger partial charge on any atom is -0.336 e. The van der Waals surface area contributed by atoms with Gasteiger partial charge >= 0.3 is 0 Å². The van der Waals surface area contributed by atoms with Crippen molar-refractivity contribution in [1.29, 1.82) is 0 Å². The van der Waals surface area contributed by atoms with Crippen molar-refractivity contribution in [1.82, 2.24) is 19.7 Å². The molecule has 21 heavy (non-hydrogen) atoms.